The first-order valence-corrected chi connectivity index (χ1v) is 3.60. The minimum Gasteiger partial charge on any atom is -0.297 e. The van der Waals surface area contributed by atoms with Crippen LogP contribution >= 0.6 is 0 Å². The molecule has 1 rings (SSSR count). The zero-order valence-electron chi connectivity index (χ0n) is 6.08. The van der Waals surface area contributed by atoms with E-state index in [0.717, 1.165) is 12.8 Å². The first-order chi connectivity index (χ1) is 5.27. The summed E-state index contributed by atoms with van der Waals surface area (Å²) in [7, 11) is 0. The number of Topliss-reactive ketones (excluding diaryl/α,β-unsaturated/α-hetero) is 1. The van der Waals surface area contributed by atoms with Crippen LogP contribution in [0, 0.1) is 34.5 Å². The van der Waals surface area contributed by atoms with E-state index in [4.69, 9.17) is 10.5 Å². The molecule has 1 saturated carbocycles. The van der Waals surface area contributed by atoms with E-state index in [1.807, 2.05) is 0 Å². The fraction of sp³-hybridized carbons (Fsp3) is 0.625. The van der Waals surface area contributed by atoms with Crippen LogP contribution in [-0.4, -0.2) is 5.78 Å². The van der Waals surface area contributed by atoms with Gasteiger partial charge >= 0.3 is 0 Å². The Hall–Kier alpha value is -1.35. The summed E-state index contributed by atoms with van der Waals surface area (Å²) in [5.74, 6) is -0.778. The lowest BCUT2D eigenvalue weighted by molar-refractivity contribution is -0.120. The lowest BCUT2D eigenvalue weighted by Gasteiger charge is -1.95. The number of rotatable bonds is 3. The third-order valence-electron chi connectivity index (χ3n) is 1.77. The number of hydrogen-bond acceptors (Lipinski definition) is 3. The third-order valence-corrected chi connectivity index (χ3v) is 1.77. The summed E-state index contributed by atoms with van der Waals surface area (Å²) in [5, 5.41) is 16.7. The zero-order chi connectivity index (χ0) is 8.27. The second-order valence-corrected chi connectivity index (χ2v) is 2.81. The van der Waals surface area contributed by atoms with Crippen molar-refractivity contribution in [3.63, 3.8) is 0 Å². The summed E-state index contributed by atoms with van der Waals surface area (Å²) in [6, 6.07) is 3.35. The van der Waals surface area contributed by atoms with Crippen molar-refractivity contribution in [1.82, 2.24) is 0 Å². The predicted molar refractivity (Wildman–Crippen MR) is 37.1 cm³/mol. The number of carbonyl (C=O) groups excluding carboxylic acids is 1. The van der Waals surface area contributed by atoms with Gasteiger partial charge in [0.15, 0.2) is 11.7 Å². The van der Waals surface area contributed by atoms with Crippen molar-refractivity contribution in [3.8, 4) is 12.1 Å². The molecule has 56 valence electrons. The van der Waals surface area contributed by atoms with Gasteiger partial charge in [-0.2, -0.15) is 10.5 Å². The van der Waals surface area contributed by atoms with E-state index < -0.39 is 5.92 Å². The molecule has 0 atom stereocenters. The maximum atomic E-state index is 11.0. The second kappa shape index (κ2) is 3.16. The monoisotopic (exact) mass is 148 g/mol. The van der Waals surface area contributed by atoms with E-state index in [0.29, 0.717) is 12.3 Å². The van der Waals surface area contributed by atoms with Crippen molar-refractivity contribution in [2.45, 2.75) is 19.3 Å². The normalized spacial score (nSPS) is 15.5. The quantitative estimate of drug-likeness (QED) is 0.600. The Morgan fingerprint density at radius 3 is 2.36 bits per heavy atom. The van der Waals surface area contributed by atoms with Gasteiger partial charge in [-0.25, -0.2) is 0 Å². The van der Waals surface area contributed by atoms with Gasteiger partial charge in [0.1, 0.15) is 0 Å². The fourth-order valence-electron chi connectivity index (χ4n) is 0.897. The van der Waals surface area contributed by atoms with E-state index in [9.17, 15) is 4.79 Å². The molecule has 0 aromatic heterocycles. The maximum Gasteiger partial charge on any atom is 0.191 e. The van der Waals surface area contributed by atoms with Gasteiger partial charge in [0, 0.05) is 6.42 Å². The van der Waals surface area contributed by atoms with Crippen molar-refractivity contribution < 1.29 is 4.79 Å². The summed E-state index contributed by atoms with van der Waals surface area (Å²) in [4.78, 5) is 11.0. The first-order valence-electron chi connectivity index (χ1n) is 3.60. The molecule has 3 nitrogen and oxygen atoms in total. The largest absolute Gasteiger partial charge is 0.297 e. The molecule has 1 aliphatic rings. The van der Waals surface area contributed by atoms with Crippen molar-refractivity contribution >= 4 is 5.78 Å². The van der Waals surface area contributed by atoms with Crippen LogP contribution in [0.15, 0.2) is 0 Å². The molecule has 1 aliphatic carbocycles. The summed E-state index contributed by atoms with van der Waals surface area (Å²) >= 11 is 0. The number of hydrogen-bond donors (Lipinski definition) is 0. The molecular weight excluding hydrogens is 140 g/mol. The van der Waals surface area contributed by atoms with Crippen LogP contribution < -0.4 is 0 Å². The summed E-state index contributed by atoms with van der Waals surface area (Å²) in [6.07, 6.45) is 2.58. The van der Waals surface area contributed by atoms with Gasteiger partial charge in [-0.1, -0.05) is 0 Å². The summed E-state index contributed by atoms with van der Waals surface area (Å²) < 4.78 is 0. The molecule has 0 spiro atoms. The average Bonchev–Trinajstić information content (AvgIpc) is 2.74. The number of nitrogens with zero attached hydrogens (tertiary/aromatic N) is 2. The van der Waals surface area contributed by atoms with Crippen LogP contribution in [0.25, 0.3) is 0 Å². The van der Waals surface area contributed by atoms with Crippen LogP contribution in [0.4, 0.5) is 0 Å². The molecule has 0 heterocycles. The highest BCUT2D eigenvalue weighted by atomic mass is 16.1. The predicted octanol–water partition coefficient (Wildman–Crippen LogP) is 1.02. The maximum absolute atomic E-state index is 11.0. The highest BCUT2D eigenvalue weighted by Crippen LogP contribution is 2.33. The lowest BCUT2D eigenvalue weighted by atomic mass is 10.0. The summed E-state index contributed by atoms with van der Waals surface area (Å²) in [5.41, 5.74) is 0. The van der Waals surface area contributed by atoms with Crippen molar-refractivity contribution in [3.05, 3.63) is 0 Å². The van der Waals surface area contributed by atoms with Gasteiger partial charge in [-0.15, -0.1) is 0 Å². The molecule has 1 fully saturated rings. The minimum absolute atomic E-state index is 0.211. The average molecular weight is 148 g/mol. The van der Waals surface area contributed by atoms with Gasteiger partial charge in [-0.05, 0) is 18.8 Å². The molecule has 0 saturated heterocycles. The summed E-state index contributed by atoms with van der Waals surface area (Å²) in [6.45, 7) is 0. The SMILES string of the molecule is N#CC(C#N)C(=O)CC1CC1. The molecule has 0 aliphatic heterocycles. The fourth-order valence-corrected chi connectivity index (χ4v) is 0.897. The van der Waals surface area contributed by atoms with Gasteiger partial charge in [0.25, 0.3) is 0 Å². The molecule has 0 aromatic rings. The Morgan fingerprint density at radius 1 is 1.45 bits per heavy atom. The Kier molecular flexibility index (Phi) is 2.23. The smallest absolute Gasteiger partial charge is 0.191 e. The van der Waals surface area contributed by atoms with E-state index in [1.165, 1.54) is 0 Å². The number of nitriles is 2. The Balaban J connectivity index is 2.40. The van der Waals surface area contributed by atoms with Crippen LogP contribution in [0.3, 0.4) is 0 Å². The molecule has 11 heavy (non-hydrogen) atoms. The zero-order valence-corrected chi connectivity index (χ0v) is 6.08. The van der Waals surface area contributed by atoms with Gasteiger partial charge < -0.3 is 0 Å². The standard InChI is InChI=1S/C8H8N2O/c9-4-7(5-10)8(11)3-6-1-2-6/h6-7H,1-3H2. The molecule has 0 radical (unpaired) electrons. The Bertz CT molecular complexity index is 228. The van der Waals surface area contributed by atoms with Gasteiger partial charge in [0.05, 0.1) is 12.1 Å². The van der Waals surface area contributed by atoms with E-state index in [-0.39, 0.29) is 5.78 Å². The number of carbonyl (C=O) groups is 1. The molecule has 0 amide bonds. The van der Waals surface area contributed by atoms with Gasteiger partial charge in [-0.3, -0.25) is 4.79 Å². The second-order valence-electron chi connectivity index (χ2n) is 2.81. The van der Waals surface area contributed by atoms with Gasteiger partial charge in [0.2, 0.25) is 0 Å². The third kappa shape index (κ3) is 2.05. The van der Waals surface area contributed by atoms with Crippen LogP contribution in [0.2, 0.25) is 0 Å². The number of ketones is 1. The van der Waals surface area contributed by atoms with Crippen molar-refractivity contribution in [2.24, 2.45) is 11.8 Å². The Labute approximate surface area is 65.2 Å². The molecular formula is C8H8N2O. The van der Waals surface area contributed by atoms with Crippen LogP contribution in [0.1, 0.15) is 19.3 Å². The van der Waals surface area contributed by atoms with Crippen LogP contribution in [-0.2, 0) is 4.79 Å². The van der Waals surface area contributed by atoms with E-state index in [1.54, 1.807) is 12.1 Å². The van der Waals surface area contributed by atoms with Crippen molar-refractivity contribution in [2.75, 3.05) is 0 Å². The Morgan fingerprint density at radius 2 is 2.00 bits per heavy atom. The van der Waals surface area contributed by atoms with E-state index >= 15 is 0 Å². The van der Waals surface area contributed by atoms with Crippen molar-refractivity contribution in [1.29, 1.82) is 10.5 Å². The minimum atomic E-state index is -1.03. The molecule has 0 N–H and O–H groups in total. The molecule has 0 unspecified atom stereocenters. The molecule has 3 heteroatoms. The molecule has 0 bridgehead atoms. The first kappa shape index (κ1) is 7.75. The highest BCUT2D eigenvalue weighted by molar-refractivity contribution is 5.86. The van der Waals surface area contributed by atoms with Crippen LogP contribution in [0.5, 0.6) is 0 Å². The highest BCUT2D eigenvalue weighted by Gasteiger charge is 2.28. The van der Waals surface area contributed by atoms with E-state index in [2.05, 4.69) is 0 Å². The lowest BCUT2D eigenvalue weighted by Crippen LogP contribution is -2.10. The molecule has 0 aromatic carbocycles. The topological polar surface area (TPSA) is 64.7 Å².